The van der Waals surface area contributed by atoms with Gasteiger partial charge in [-0.15, -0.1) is 0 Å². The molecule has 0 aliphatic carbocycles. The Kier molecular flexibility index (Phi) is 3.75. The molecular weight excluding hydrogens is 226 g/mol. The van der Waals surface area contributed by atoms with E-state index in [1.165, 1.54) is 0 Å². The smallest absolute Gasteiger partial charge is 0.321 e. The van der Waals surface area contributed by atoms with Gasteiger partial charge in [-0.05, 0) is 43.4 Å². The van der Waals surface area contributed by atoms with E-state index >= 15 is 0 Å². The van der Waals surface area contributed by atoms with Crippen LogP contribution in [0.15, 0.2) is 18.2 Å². The van der Waals surface area contributed by atoms with Gasteiger partial charge < -0.3 is 16.0 Å². The largest absolute Gasteiger partial charge is 0.397 e. The summed E-state index contributed by atoms with van der Waals surface area (Å²) in [5.41, 5.74) is 8.26. The van der Waals surface area contributed by atoms with Gasteiger partial charge in [0.05, 0.1) is 11.4 Å². The Morgan fingerprint density at radius 3 is 2.72 bits per heavy atom. The average Bonchev–Trinajstić information content (AvgIpc) is 2.34. The third-order valence-corrected chi connectivity index (χ3v) is 3.52. The van der Waals surface area contributed by atoms with Crippen molar-refractivity contribution >= 4 is 17.4 Å². The highest BCUT2D eigenvalue weighted by molar-refractivity contribution is 5.92. The Hall–Kier alpha value is -1.71. The molecule has 3 N–H and O–H groups in total. The second kappa shape index (κ2) is 5.29. The van der Waals surface area contributed by atoms with E-state index in [9.17, 15) is 4.79 Å². The molecule has 0 unspecified atom stereocenters. The Balaban J connectivity index is 2.00. The van der Waals surface area contributed by atoms with Gasteiger partial charge in [-0.3, -0.25) is 0 Å². The molecule has 1 heterocycles. The quantitative estimate of drug-likeness (QED) is 0.750. The number of carbonyl (C=O) groups is 1. The Morgan fingerprint density at radius 1 is 1.39 bits per heavy atom. The fraction of sp³-hybridized carbons (Fsp3) is 0.500. The van der Waals surface area contributed by atoms with Gasteiger partial charge in [0.25, 0.3) is 0 Å². The van der Waals surface area contributed by atoms with Gasteiger partial charge in [-0.1, -0.05) is 13.0 Å². The molecule has 18 heavy (non-hydrogen) atoms. The first-order valence-corrected chi connectivity index (χ1v) is 6.48. The zero-order valence-corrected chi connectivity index (χ0v) is 11.1. The second-order valence-corrected chi connectivity index (χ2v) is 5.19. The summed E-state index contributed by atoms with van der Waals surface area (Å²) in [6.07, 6.45) is 2.16. The van der Waals surface area contributed by atoms with E-state index in [1.807, 2.05) is 30.0 Å². The molecule has 0 spiro atoms. The number of nitrogen functional groups attached to an aromatic ring is 1. The lowest BCUT2D eigenvalue weighted by molar-refractivity contribution is 0.186. The number of anilines is 2. The van der Waals surface area contributed by atoms with E-state index in [0.29, 0.717) is 11.4 Å². The molecule has 1 fully saturated rings. The molecule has 0 atom stereocenters. The van der Waals surface area contributed by atoms with Crippen molar-refractivity contribution in [2.45, 2.75) is 26.7 Å². The number of aryl methyl sites for hydroxylation is 1. The SMILES string of the molecule is Cc1ccc(N)c(NC(=O)N2CCC(C)CC2)c1. The van der Waals surface area contributed by atoms with Crippen molar-refractivity contribution in [3.8, 4) is 0 Å². The number of amides is 2. The minimum absolute atomic E-state index is 0.0424. The number of likely N-dealkylation sites (tertiary alicyclic amines) is 1. The molecule has 98 valence electrons. The Bertz CT molecular complexity index is 437. The van der Waals surface area contributed by atoms with Crippen LogP contribution in [0.3, 0.4) is 0 Å². The number of rotatable bonds is 1. The second-order valence-electron chi connectivity index (χ2n) is 5.19. The van der Waals surface area contributed by atoms with E-state index in [0.717, 1.165) is 37.4 Å². The van der Waals surface area contributed by atoms with Crippen LogP contribution in [0.2, 0.25) is 0 Å². The molecule has 0 aromatic heterocycles. The minimum Gasteiger partial charge on any atom is -0.397 e. The van der Waals surface area contributed by atoms with Crippen LogP contribution in [-0.2, 0) is 0 Å². The molecule has 1 aliphatic rings. The summed E-state index contributed by atoms with van der Waals surface area (Å²) >= 11 is 0. The number of nitrogens with zero attached hydrogens (tertiary/aromatic N) is 1. The predicted octanol–water partition coefficient (Wildman–Crippen LogP) is 2.84. The Morgan fingerprint density at radius 2 is 2.06 bits per heavy atom. The van der Waals surface area contributed by atoms with Crippen LogP contribution in [0.5, 0.6) is 0 Å². The van der Waals surface area contributed by atoms with Crippen molar-refractivity contribution in [1.82, 2.24) is 4.90 Å². The number of nitrogens with two attached hydrogens (primary N) is 1. The van der Waals surface area contributed by atoms with Gasteiger partial charge in [-0.25, -0.2) is 4.79 Å². The molecular formula is C14H21N3O. The van der Waals surface area contributed by atoms with Crippen LogP contribution in [-0.4, -0.2) is 24.0 Å². The number of hydrogen-bond acceptors (Lipinski definition) is 2. The summed E-state index contributed by atoms with van der Waals surface area (Å²) in [6.45, 7) is 5.88. The standard InChI is InChI=1S/C14H21N3O/c1-10-5-7-17(8-6-10)14(18)16-13-9-11(2)3-4-12(13)15/h3-4,9-10H,5-8,15H2,1-2H3,(H,16,18). The summed E-state index contributed by atoms with van der Waals surface area (Å²) in [4.78, 5) is 14.0. The van der Waals surface area contributed by atoms with Gasteiger partial charge in [0.1, 0.15) is 0 Å². The molecule has 1 aromatic rings. The highest BCUT2D eigenvalue weighted by Gasteiger charge is 2.20. The number of hydrogen-bond donors (Lipinski definition) is 2. The summed E-state index contributed by atoms with van der Waals surface area (Å²) in [5.74, 6) is 0.720. The molecule has 1 saturated heterocycles. The zero-order chi connectivity index (χ0) is 13.1. The van der Waals surface area contributed by atoms with Crippen molar-refractivity contribution in [3.63, 3.8) is 0 Å². The maximum absolute atomic E-state index is 12.1. The van der Waals surface area contributed by atoms with Gasteiger partial charge in [0.15, 0.2) is 0 Å². The third-order valence-electron chi connectivity index (χ3n) is 3.52. The predicted molar refractivity (Wildman–Crippen MR) is 74.6 cm³/mol. The number of carbonyl (C=O) groups excluding carboxylic acids is 1. The summed E-state index contributed by atoms with van der Waals surface area (Å²) in [7, 11) is 0. The van der Waals surface area contributed by atoms with E-state index in [2.05, 4.69) is 12.2 Å². The van der Waals surface area contributed by atoms with E-state index < -0.39 is 0 Å². The molecule has 2 rings (SSSR count). The van der Waals surface area contributed by atoms with E-state index in [4.69, 9.17) is 5.73 Å². The van der Waals surface area contributed by atoms with Gasteiger partial charge in [0, 0.05) is 13.1 Å². The fourth-order valence-corrected chi connectivity index (χ4v) is 2.18. The lowest BCUT2D eigenvalue weighted by Crippen LogP contribution is -2.40. The highest BCUT2D eigenvalue weighted by atomic mass is 16.2. The van der Waals surface area contributed by atoms with Crippen LogP contribution < -0.4 is 11.1 Å². The molecule has 0 radical (unpaired) electrons. The summed E-state index contributed by atoms with van der Waals surface area (Å²) in [6, 6.07) is 5.62. The van der Waals surface area contributed by atoms with Crippen molar-refractivity contribution in [3.05, 3.63) is 23.8 Å². The van der Waals surface area contributed by atoms with Crippen LogP contribution >= 0.6 is 0 Å². The molecule has 4 heteroatoms. The third kappa shape index (κ3) is 2.94. The first-order valence-electron chi connectivity index (χ1n) is 6.48. The molecule has 4 nitrogen and oxygen atoms in total. The zero-order valence-electron chi connectivity index (χ0n) is 11.1. The van der Waals surface area contributed by atoms with Gasteiger partial charge in [0.2, 0.25) is 0 Å². The molecule has 1 aliphatic heterocycles. The van der Waals surface area contributed by atoms with E-state index in [1.54, 1.807) is 0 Å². The van der Waals surface area contributed by atoms with Crippen LogP contribution in [0.4, 0.5) is 16.2 Å². The van der Waals surface area contributed by atoms with Crippen molar-refractivity contribution in [1.29, 1.82) is 0 Å². The van der Waals surface area contributed by atoms with Crippen LogP contribution in [0.25, 0.3) is 0 Å². The molecule has 1 aromatic carbocycles. The molecule has 2 amide bonds. The topological polar surface area (TPSA) is 58.4 Å². The summed E-state index contributed by atoms with van der Waals surface area (Å²) in [5, 5.41) is 2.90. The number of piperidine rings is 1. The minimum atomic E-state index is -0.0424. The lowest BCUT2D eigenvalue weighted by atomic mass is 10.00. The first kappa shape index (κ1) is 12.7. The maximum atomic E-state index is 12.1. The average molecular weight is 247 g/mol. The molecule has 0 saturated carbocycles. The highest BCUT2D eigenvalue weighted by Crippen LogP contribution is 2.21. The number of urea groups is 1. The van der Waals surface area contributed by atoms with Crippen molar-refractivity contribution in [2.75, 3.05) is 24.1 Å². The van der Waals surface area contributed by atoms with Crippen molar-refractivity contribution < 1.29 is 4.79 Å². The number of nitrogens with one attached hydrogen (secondary N) is 1. The van der Waals surface area contributed by atoms with Crippen LogP contribution in [0.1, 0.15) is 25.3 Å². The lowest BCUT2D eigenvalue weighted by Gasteiger charge is -2.30. The normalized spacial score (nSPS) is 16.7. The fourth-order valence-electron chi connectivity index (χ4n) is 2.18. The summed E-state index contributed by atoms with van der Waals surface area (Å²) < 4.78 is 0. The number of benzene rings is 1. The van der Waals surface area contributed by atoms with Crippen LogP contribution in [0, 0.1) is 12.8 Å². The van der Waals surface area contributed by atoms with Crippen molar-refractivity contribution in [2.24, 2.45) is 5.92 Å². The van der Waals surface area contributed by atoms with Gasteiger partial charge in [-0.2, -0.15) is 0 Å². The Labute approximate surface area is 108 Å². The monoisotopic (exact) mass is 247 g/mol. The molecule has 0 bridgehead atoms. The van der Waals surface area contributed by atoms with E-state index in [-0.39, 0.29) is 6.03 Å². The first-order chi connectivity index (χ1) is 8.56. The van der Waals surface area contributed by atoms with Gasteiger partial charge >= 0.3 is 6.03 Å². The maximum Gasteiger partial charge on any atom is 0.321 e.